The van der Waals surface area contributed by atoms with Crippen molar-refractivity contribution in [1.82, 2.24) is 14.9 Å². The number of aromatic nitrogens is 2. The van der Waals surface area contributed by atoms with Crippen molar-refractivity contribution >= 4 is 45.0 Å². The van der Waals surface area contributed by atoms with Gasteiger partial charge in [0.2, 0.25) is 5.95 Å². The summed E-state index contributed by atoms with van der Waals surface area (Å²) >= 11 is 6.89. The largest absolute Gasteiger partial charge is 0.508 e. The summed E-state index contributed by atoms with van der Waals surface area (Å²) in [5, 5.41) is 13.0. The van der Waals surface area contributed by atoms with Crippen LogP contribution in [0.1, 0.15) is 19.3 Å². The van der Waals surface area contributed by atoms with Crippen LogP contribution in [0.3, 0.4) is 0 Å². The molecule has 1 saturated carbocycles. The standard InChI is InChI=1S/C31H34ClFN6O/c1-37(2)20-15-39(16-20)31-35-29-24(30(36-31)38-13-17-7-8-19(14-38)26(34)9-17)12-25(32)27(28(29)33)23-11-21(40)10-18-5-3-4-6-22(18)23/h3-6,10-12,17,19-20,26,40H,7-9,13-16,34H2,1-2H3/t17-,19+,26-/m1/s1. The normalized spacial score (nSPS) is 23.3. The van der Waals surface area contributed by atoms with E-state index in [1.54, 1.807) is 18.2 Å². The summed E-state index contributed by atoms with van der Waals surface area (Å²) in [4.78, 5) is 16.5. The van der Waals surface area contributed by atoms with Crippen molar-refractivity contribution in [2.24, 2.45) is 17.6 Å². The molecule has 3 atom stereocenters. The van der Waals surface area contributed by atoms with Gasteiger partial charge in [0.15, 0.2) is 5.82 Å². The van der Waals surface area contributed by atoms with Crippen LogP contribution in [-0.2, 0) is 0 Å². The summed E-state index contributed by atoms with van der Waals surface area (Å²) in [6, 6.07) is 13.2. The molecule has 3 saturated heterocycles. The van der Waals surface area contributed by atoms with Crippen LogP contribution in [0.2, 0.25) is 5.02 Å². The second kappa shape index (κ2) is 9.72. The molecule has 1 aromatic heterocycles. The van der Waals surface area contributed by atoms with E-state index in [1.807, 2.05) is 24.3 Å². The predicted molar refractivity (Wildman–Crippen MR) is 160 cm³/mol. The van der Waals surface area contributed by atoms with Gasteiger partial charge in [0.25, 0.3) is 0 Å². The number of halogens is 2. The van der Waals surface area contributed by atoms with Crippen molar-refractivity contribution in [3.05, 3.63) is 53.3 Å². The van der Waals surface area contributed by atoms with Crippen LogP contribution in [0.5, 0.6) is 5.75 Å². The lowest BCUT2D eigenvalue weighted by Gasteiger charge is -2.43. The SMILES string of the molecule is CN(C)C1CN(c2nc(N3C[C@@H]4CC[C@@H](C3)[C@H](N)C4)c3cc(Cl)c(-c4cc(O)cc5ccccc45)c(F)c3n2)C1. The van der Waals surface area contributed by atoms with Gasteiger partial charge in [-0.25, -0.2) is 9.37 Å². The highest BCUT2D eigenvalue weighted by atomic mass is 35.5. The molecule has 1 aliphatic carbocycles. The quantitative estimate of drug-likeness (QED) is 0.352. The number of aromatic hydroxyl groups is 1. The van der Waals surface area contributed by atoms with Gasteiger partial charge in [0, 0.05) is 49.2 Å². The van der Waals surface area contributed by atoms with Gasteiger partial charge in [0.1, 0.15) is 17.1 Å². The second-order valence-corrected chi connectivity index (χ2v) is 12.4. The van der Waals surface area contributed by atoms with Crippen LogP contribution < -0.4 is 15.5 Å². The van der Waals surface area contributed by atoms with E-state index >= 15 is 4.39 Å². The minimum absolute atomic E-state index is 0.0556. The first kappa shape index (κ1) is 25.7. The summed E-state index contributed by atoms with van der Waals surface area (Å²) in [6.07, 6.45) is 3.28. The number of fused-ring (bicyclic) bond motifs is 6. The molecule has 208 valence electrons. The molecule has 0 spiro atoms. The van der Waals surface area contributed by atoms with Crippen LogP contribution >= 0.6 is 11.6 Å². The first-order chi connectivity index (χ1) is 19.3. The molecule has 0 unspecified atom stereocenters. The maximum atomic E-state index is 16.8. The van der Waals surface area contributed by atoms with E-state index < -0.39 is 5.82 Å². The summed E-state index contributed by atoms with van der Waals surface area (Å²) in [5.41, 5.74) is 7.57. The molecule has 4 heterocycles. The average molecular weight is 561 g/mol. The third-order valence-electron chi connectivity index (χ3n) is 9.23. The highest BCUT2D eigenvalue weighted by molar-refractivity contribution is 6.35. The number of phenols is 1. The molecule has 3 aromatic carbocycles. The highest BCUT2D eigenvalue weighted by Crippen LogP contribution is 2.44. The van der Waals surface area contributed by atoms with E-state index in [1.165, 1.54) is 0 Å². The molecule has 0 amide bonds. The number of nitrogens with zero attached hydrogens (tertiary/aromatic N) is 5. The number of hydrogen-bond acceptors (Lipinski definition) is 7. The Morgan fingerprint density at radius 2 is 1.80 bits per heavy atom. The van der Waals surface area contributed by atoms with Gasteiger partial charge in [-0.3, -0.25) is 0 Å². The predicted octanol–water partition coefficient (Wildman–Crippen LogP) is 5.26. The van der Waals surface area contributed by atoms with Crippen LogP contribution in [0, 0.1) is 17.7 Å². The van der Waals surface area contributed by atoms with Crippen molar-refractivity contribution in [1.29, 1.82) is 0 Å². The minimum Gasteiger partial charge on any atom is -0.508 e. The van der Waals surface area contributed by atoms with Gasteiger partial charge in [-0.1, -0.05) is 35.9 Å². The number of hydrogen-bond donors (Lipinski definition) is 2. The maximum absolute atomic E-state index is 16.8. The lowest BCUT2D eigenvalue weighted by Crippen LogP contribution is -2.58. The van der Waals surface area contributed by atoms with Crippen molar-refractivity contribution in [3.8, 4) is 16.9 Å². The fourth-order valence-electron chi connectivity index (χ4n) is 6.84. The van der Waals surface area contributed by atoms with Gasteiger partial charge >= 0.3 is 0 Å². The summed E-state index contributed by atoms with van der Waals surface area (Å²) in [5.74, 6) is 1.69. The Morgan fingerprint density at radius 3 is 2.58 bits per heavy atom. The number of likely N-dealkylation sites (N-methyl/N-ethyl adjacent to an activating group) is 1. The molecule has 8 rings (SSSR count). The first-order valence-electron chi connectivity index (χ1n) is 14.1. The van der Waals surface area contributed by atoms with Crippen molar-refractivity contribution in [3.63, 3.8) is 0 Å². The van der Waals surface area contributed by atoms with Crippen molar-refractivity contribution in [2.75, 3.05) is 50.1 Å². The van der Waals surface area contributed by atoms with Gasteiger partial charge in [-0.2, -0.15) is 4.98 Å². The fourth-order valence-corrected chi connectivity index (χ4v) is 7.13. The van der Waals surface area contributed by atoms with Crippen molar-refractivity contribution < 1.29 is 9.50 Å². The smallest absolute Gasteiger partial charge is 0.228 e. The Kier molecular flexibility index (Phi) is 6.25. The molecule has 3 N–H and O–H groups in total. The van der Waals surface area contributed by atoms with Crippen LogP contribution in [0.15, 0.2) is 42.5 Å². The Morgan fingerprint density at radius 1 is 1.00 bits per heavy atom. The molecular formula is C31H34ClFN6O. The van der Waals surface area contributed by atoms with E-state index in [9.17, 15) is 5.11 Å². The molecule has 3 aliphatic heterocycles. The number of nitrogens with two attached hydrogens (primary N) is 1. The third kappa shape index (κ3) is 4.24. The van der Waals surface area contributed by atoms with Crippen LogP contribution in [0.4, 0.5) is 16.2 Å². The molecule has 2 bridgehead atoms. The molecule has 40 heavy (non-hydrogen) atoms. The van der Waals surface area contributed by atoms with E-state index in [-0.39, 0.29) is 27.9 Å². The lowest BCUT2D eigenvalue weighted by atomic mass is 9.81. The van der Waals surface area contributed by atoms with E-state index in [0.29, 0.717) is 34.8 Å². The molecule has 4 fully saturated rings. The minimum atomic E-state index is -0.498. The molecule has 9 heteroatoms. The zero-order valence-electron chi connectivity index (χ0n) is 22.8. The Balaban J connectivity index is 1.43. The molecular weight excluding hydrogens is 527 g/mol. The van der Waals surface area contributed by atoms with Gasteiger partial charge in [-0.15, -0.1) is 0 Å². The van der Waals surface area contributed by atoms with E-state index in [0.717, 1.165) is 62.0 Å². The van der Waals surface area contributed by atoms with Gasteiger partial charge in [0.05, 0.1) is 5.02 Å². The Hall–Kier alpha value is -3.20. The topological polar surface area (TPSA) is 81.8 Å². The number of rotatable bonds is 4. The fraction of sp³-hybridized carbons (Fsp3) is 0.419. The third-order valence-corrected chi connectivity index (χ3v) is 9.53. The van der Waals surface area contributed by atoms with Crippen molar-refractivity contribution in [2.45, 2.75) is 31.3 Å². The number of benzene rings is 3. The lowest BCUT2D eigenvalue weighted by molar-refractivity contribution is 0.245. The Labute approximate surface area is 238 Å². The molecule has 4 aromatic rings. The van der Waals surface area contributed by atoms with E-state index in [4.69, 9.17) is 27.3 Å². The molecule has 0 radical (unpaired) electrons. The first-order valence-corrected chi connectivity index (χ1v) is 14.5. The van der Waals surface area contributed by atoms with Gasteiger partial charge < -0.3 is 25.5 Å². The summed E-state index contributed by atoms with van der Waals surface area (Å²) in [6.45, 7) is 3.21. The second-order valence-electron chi connectivity index (χ2n) is 12.0. The summed E-state index contributed by atoms with van der Waals surface area (Å²) in [7, 11) is 4.14. The highest BCUT2D eigenvalue weighted by Gasteiger charge is 2.37. The number of phenolic OH excluding ortho intramolecular Hbond substituents is 1. The summed E-state index contributed by atoms with van der Waals surface area (Å²) < 4.78 is 16.8. The van der Waals surface area contributed by atoms with Crippen LogP contribution in [-0.4, -0.2) is 72.3 Å². The molecule has 7 nitrogen and oxygen atoms in total. The number of anilines is 2. The zero-order chi connectivity index (χ0) is 27.7. The van der Waals surface area contributed by atoms with E-state index in [2.05, 4.69) is 28.8 Å². The van der Waals surface area contributed by atoms with Crippen LogP contribution in [0.25, 0.3) is 32.8 Å². The monoisotopic (exact) mass is 560 g/mol. The average Bonchev–Trinajstić information content (AvgIpc) is 3.19. The Bertz CT molecular complexity index is 1620. The zero-order valence-corrected chi connectivity index (χ0v) is 23.6. The van der Waals surface area contributed by atoms with Gasteiger partial charge in [-0.05, 0) is 79.7 Å². The molecule has 4 aliphatic rings. The maximum Gasteiger partial charge on any atom is 0.228 e.